The van der Waals surface area contributed by atoms with Gasteiger partial charge in [-0.3, -0.25) is 4.99 Å². The zero-order valence-corrected chi connectivity index (χ0v) is 7.49. The lowest BCUT2D eigenvalue weighted by Crippen LogP contribution is -1.98. The van der Waals surface area contributed by atoms with Crippen LogP contribution in [0.3, 0.4) is 0 Å². The van der Waals surface area contributed by atoms with Gasteiger partial charge in [0.2, 0.25) is 0 Å². The largest absolute Gasteiger partial charge is 0.257 e. The van der Waals surface area contributed by atoms with E-state index >= 15 is 0 Å². The van der Waals surface area contributed by atoms with Crippen molar-refractivity contribution >= 4 is 5.71 Å². The number of hydrogen-bond donors (Lipinski definition) is 0. The molecule has 0 amide bonds. The first-order chi connectivity index (χ1) is 5.88. The van der Waals surface area contributed by atoms with E-state index in [0.29, 0.717) is 0 Å². The van der Waals surface area contributed by atoms with Gasteiger partial charge in [-0.1, -0.05) is 30.4 Å². The van der Waals surface area contributed by atoms with Crippen molar-refractivity contribution in [3.8, 4) is 0 Å². The summed E-state index contributed by atoms with van der Waals surface area (Å²) in [4.78, 5) is 4.28. The highest BCUT2D eigenvalue weighted by atomic mass is 14.7. The summed E-state index contributed by atoms with van der Waals surface area (Å²) in [5.41, 5.74) is 2.20. The van der Waals surface area contributed by atoms with Crippen LogP contribution in [0.1, 0.15) is 13.8 Å². The van der Waals surface area contributed by atoms with Gasteiger partial charge in [0.15, 0.2) is 0 Å². The minimum Gasteiger partial charge on any atom is -0.257 e. The van der Waals surface area contributed by atoms with Gasteiger partial charge in [-0.2, -0.15) is 0 Å². The standard InChI is InChI=1S/C11H13N/c1-3-9-12-11-8-6-5-7-10(11)4-2/h3-9H,1-2H3/b9-3-,10-4-,12-11+. The molecule has 0 fully saturated rings. The third-order valence-electron chi connectivity index (χ3n) is 1.61. The van der Waals surface area contributed by atoms with Gasteiger partial charge < -0.3 is 0 Å². The third kappa shape index (κ3) is 2.06. The molecule has 1 aliphatic carbocycles. The minimum absolute atomic E-state index is 1.03. The number of aliphatic imine (C=N–C) groups is 1. The second-order valence-corrected chi connectivity index (χ2v) is 2.46. The van der Waals surface area contributed by atoms with Crippen molar-refractivity contribution in [1.82, 2.24) is 0 Å². The fourth-order valence-electron chi connectivity index (χ4n) is 1.00. The van der Waals surface area contributed by atoms with E-state index in [9.17, 15) is 0 Å². The van der Waals surface area contributed by atoms with Crippen molar-refractivity contribution in [3.05, 3.63) is 48.2 Å². The Balaban J connectivity index is 2.90. The van der Waals surface area contributed by atoms with Gasteiger partial charge in [-0.15, -0.1) is 0 Å². The maximum Gasteiger partial charge on any atom is 0.0698 e. The fourth-order valence-corrected chi connectivity index (χ4v) is 1.00. The van der Waals surface area contributed by atoms with Crippen LogP contribution in [0.15, 0.2) is 53.2 Å². The van der Waals surface area contributed by atoms with Crippen LogP contribution in [-0.2, 0) is 0 Å². The second-order valence-electron chi connectivity index (χ2n) is 2.46. The highest BCUT2D eigenvalue weighted by Crippen LogP contribution is 2.07. The molecule has 0 radical (unpaired) electrons. The molecule has 0 heterocycles. The van der Waals surface area contributed by atoms with E-state index in [0.717, 1.165) is 5.71 Å². The maximum absolute atomic E-state index is 4.28. The molecule has 1 nitrogen and oxygen atoms in total. The Labute approximate surface area is 73.5 Å². The molecule has 1 heteroatoms. The molecule has 0 saturated carbocycles. The molecular weight excluding hydrogens is 146 g/mol. The topological polar surface area (TPSA) is 12.4 Å². The van der Waals surface area contributed by atoms with Crippen LogP contribution in [0, 0.1) is 0 Å². The van der Waals surface area contributed by atoms with Gasteiger partial charge in [0.25, 0.3) is 0 Å². The lowest BCUT2D eigenvalue weighted by atomic mass is 10.1. The number of rotatable bonds is 1. The molecule has 0 bridgehead atoms. The quantitative estimate of drug-likeness (QED) is 0.557. The van der Waals surface area contributed by atoms with Crippen LogP contribution in [0.5, 0.6) is 0 Å². The van der Waals surface area contributed by atoms with Crippen LogP contribution in [0.25, 0.3) is 0 Å². The minimum atomic E-state index is 1.03. The number of hydrogen-bond acceptors (Lipinski definition) is 1. The summed E-state index contributed by atoms with van der Waals surface area (Å²) >= 11 is 0. The van der Waals surface area contributed by atoms with Gasteiger partial charge in [-0.05, 0) is 25.5 Å². The van der Waals surface area contributed by atoms with Gasteiger partial charge in [-0.25, -0.2) is 0 Å². The lowest BCUT2D eigenvalue weighted by molar-refractivity contribution is 1.49. The van der Waals surface area contributed by atoms with Crippen LogP contribution >= 0.6 is 0 Å². The lowest BCUT2D eigenvalue weighted by Gasteiger charge is -2.03. The smallest absolute Gasteiger partial charge is 0.0698 e. The summed E-state index contributed by atoms with van der Waals surface area (Å²) in [5.74, 6) is 0. The molecule has 0 aromatic rings. The van der Waals surface area contributed by atoms with E-state index in [1.54, 1.807) is 0 Å². The molecule has 0 aliphatic heterocycles. The van der Waals surface area contributed by atoms with E-state index < -0.39 is 0 Å². The normalized spacial score (nSPS) is 23.2. The van der Waals surface area contributed by atoms with Crippen LogP contribution in [0.4, 0.5) is 0 Å². The Kier molecular flexibility index (Phi) is 3.27. The molecular formula is C11H13N. The van der Waals surface area contributed by atoms with Gasteiger partial charge in [0, 0.05) is 6.20 Å². The highest BCUT2D eigenvalue weighted by Gasteiger charge is 1.99. The second kappa shape index (κ2) is 4.50. The predicted octanol–water partition coefficient (Wildman–Crippen LogP) is 3.03. The average molecular weight is 159 g/mol. The maximum atomic E-state index is 4.28. The summed E-state index contributed by atoms with van der Waals surface area (Å²) in [6.45, 7) is 3.98. The predicted molar refractivity (Wildman–Crippen MR) is 54.3 cm³/mol. The zero-order valence-electron chi connectivity index (χ0n) is 7.49. The summed E-state index contributed by atoms with van der Waals surface area (Å²) < 4.78 is 0. The molecule has 0 saturated heterocycles. The first kappa shape index (κ1) is 8.72. The molecule has 62 valence electrons. The van der Waals surface area contributed by atoms with Crippen LogP contribution in [-0.4, -0.2) is 5.71 Å². The molecule has 0 atom stereocenters. The molecule has 0 N–H and O–H groups in total. The summed E-state index contributed by atoms with van der Waals surface area (Å²) in [6, 6.07) is 0. The van der Waals surface area contributed by atoms with E-state index in [1.807, 2.05) is 44.4 Å². The van der Waals surface area contributed by atoms with E-state index in [1.165, 1.54) is 5.57 Å². The average Bonchev–Trinajstić information content (AvgIpc) is 2.15. The van der Waals surface area contributed by atoms with Crippen molar-refractivity contribution in [2.24, 2.45) is 4.99 Å². The summed E-state index contributed by atoms with van der Waals surface area (Å²) in [5, 5.41) is 0. The van der Waals surface area contributed by atoms with Crippen molar-refractivity contribution in [2.45, 2.75) is 13.8 Å². The SMILES string of the molecule is C\C=C/N=C1\C=CC=C\C1=C\C. The van der Waals surface area contributed by atoms with Gasteiger partial charge >= 0.3 is 0 Å². The fraction of sp³-hybridized carbons (Fsp3) is 0.182. The van der Waals surface area contributed by atoms with Crippen molar-refractivity contribution < 1.29 is 0 Å². The van der Waals surface area contributed by atoms with E-state index in [2.05, 4.69) is 17.1 Å². The Hall–Kier alpha value is -1.37. The first-order valence-corrected chi connectivity index (χ1v) is 4.09. The molecule has 1 aliphatic rings. The highest BCUT2D eigenvalue weighted by molar-refractivity contribution is 6.11. The van der Waals surface area contributed by atoms with Crippen molar-refractivity contribution in [1.29, 1.82) is 0 Å². The Morgan fingerprint density at radius 2 is 1.92 bits per heavy atom. The van der Waals surface area contributed by atoms with Gasteiger partial charge in [0.1, 0.15) is 0 Å². The third-order valence-corrected chi connectivity index (χ3v) is 1.61. The Morgan fingerprint density at radius 3 is 2.58 bits per heavy atom. The molecule has 0 unspecified atom stereocenters. The van der Waals surface area contributed by atoms with Crippen molar-refractivity contribution in [3.63, 3.8) is 0 Å². The van der Waals surface area contributed by atoms with Crippen LogP contribution in [0.2, 0.25) is 0 Å². The van der Waals surface area contributed by atoms with E-state index in [4.69, 9.17) is 0 Å². The monoisotopic (exact) mass is 159 g/mol. The van der Waals surface area contributed by atoms with E-state index in [-0.39, 0.29) is 0 Å². The van der Waals surface area contributed by atoms with Crippen LogP contribution < -0.4 is 0 Å². The molecule has 0 aromatic heterocycles. The zero-order chi connectivity index (χ0) is 8.81. The van der Waals surface area contributed by atoms with Crippen molar-refractivity contribution in [2.75, 3.05) is 0 Å². The number of allylic oxidation sites excluding steroid dienone is 7. The van der Waals surface area contributed by atoms with Gasteiger partial charge in [0.05, 0.1) is 5.71 Å². The first-order valence-electron chi connectivity index (χ1n) is 4.09. The molecule has 0 spiro atoms. The Morgan fingerprint density at radius 1 is 1.17 bits per heavy atom. The summed E-state index contributed by atoms with van der Waals surface area (Å²) in [7, 11) is 0. The molecule has 1 rings (SSSR count). The molecule has 12 heavy (non-hydrogen) atoms. The summed E-state index contributed by atoms with van der Waals surface area (Å²) in [6.07, 6.45) is 13.9. The number of nitrogens with zero attached hydrogens (tertiary/aromatic N) is 1. The molecule has 0 aromatic carbocycles. The Bertz CT molecular complexity index is 288.